The number of ether oxygens (including phenoxy) is 1. The number of carbonyl (C=O) groups is 2. The van der Waals surface area contributed by atoms with Gasteiger partial charge in [0.15, 0.2) is 6.61 Å². The molecule has 0 bridgehead atoms. The summed E-state index contributed by atoms with van der Waals surface area (Å²) in [5.74, 6) is 0.170. The Kier molecular flexibility index (Phi) is 6.81. The van der Waals surface area contributed by atoms with Crippen molar-refractivity contribution in [1.82, 2.24) is 4.90 Å². The zero-order chi connectivity index (χ0) is 18.4. The van der Waals surface area contributed by atoms with Crippen LogP contribution in [0.4, 0.5) is 5.69 Å². The van der Waals surface area contributed by atoms with Crippen LogP contribution in [0.25, 0.3) is 0 Å². The third-order valence-corrected chi connectivity index (χ3v) is 4.63. The predicted molar refractivity (Wildman–Crippen MR) is 107 cm³/mol. The molecule has 0 aliphatic heterocycles. The second-order valence-electron chi connectivity index (χ2n) is 5.78. The van der Waals surface area contributed by atoms with Gasteiger partial charge in [0.25, 0.3) is 5.91 Å². The summed E-state index contributed by atoms with van der Waals surface area (Å²) in [5, 5.41) is 2.87. The fourth-order valence-electron chi connectivity index (χ4n) is 2.31. The fourth-order valence-corrected chi connectivity index (χ4v) is 2.85. The number of nitrogens with one attached hydrogen (secondary N) is 1. The topological polar surface area (TPSA) is 58.6 Å². The van der Waals surface area contributed by atoms with E-state index < -0.39 is 0 Å². The van der Waals surface area contributed by atoms with Crippen LogP contribution in [0.2, 0.25) is 0 Å². The smallest absolute Gasteiger partial charge is 0.260 e. The van der Waals surface area contributed by atoms with Gasteiger partial charge in [-0.05, 0) is 59.7 Å². The quantitative estimate of drug-likeness (QED) is 0.684. The number of para-hydroxylation sites is 2. The van der Waals surface area contributed by atoms with Gasteiger partial charge >= 0.3 is 0 Å². The molecule has 0 fully saturated rings. The van der Waals surface area contributed by atoms with Gasteiger partial charge < -0.3 is 15.0 Å². The van der Waals surface area contributed by atoms with E-state index in [1.165, 1.54) is 4.90 Å². The molecule has 6 heteroatoms. The number of rotatable bonds is 6. The molecule has 0 saturated heterocycles. The summed E-state index contributed by atoms with van der Waals surface area (Å²) in [6.45, 7) is 3.74. The van der Waals surface area contributed by atoms with Crippen molar-refractivity contribution in [2.24, 2.45) is 0 Å². The van der Waals surface area contributed by atoms with Crippen LogP contribution < -0.4 is 10.1 Å². The molecule has 0 aliphatic rings. The molecule has 2 aromatic rings. The largest absolute Gasteiger partial charge is 0.483 e. The highest BCUT2D eigenvalue weighted by Gasteiger charge is 2.15. The van der Waals surface area contributed by atoms with Crippen LogP contribution in [0.3, 0.4) is 0 Å². The first-order chi connectivity index (χ1) is 11.9. The third-order valence-electron chi connectivity index (χ3n) is 3.74. The maximum atomic E-state index is 12.2. The van der Waals surface area contributed by atoms with Gasteiger partial charge in [-0.1, -0.05) is 30.3 Å². The number of hydrogen-bond donors (Lipinski definition) is 1. The van der Waals surface area contributed by atoms with Crippen molar-refractivity contribution in [3.63, 3.8) is 0 Å². The van der Waals surface area contributed by atoms with E-state index in [1.54, 1.807) is 7.05 Å². The molecular formula is C19H21IN2O3. The van der Waals surface area contributed by atoms with Crippen molar-refractivity contribution in [1.29, 1.82) is 0 Å². The fraction of sp³-hybridized carbons (Fsp3) is 0.263. The summed E-state index contributed by atoms with van der Waals surface area (Å²) in [5.41, 5.74) is 2.78. The Labute approximate surface area is 161 Å². The van der Waals surface area contributed by atoms with Crippen molar-refractivity contribution < 1.29 is 14.3 Å². The van der Waals surface area contributed by atoms with E-state index in [0.717, 1.165) is 20.4 Å². The van der Waals surface area contributed by atoms with E-state index in [4.69, 9.17) is 4.74 Å². The van der Waals surface area contributed by atoms with Crippen molar-refractivity contribution in [3.05, 3.63) is 57.2 Å². The van der Waals surface area contributed by atoms with Gasteiger partial charge in [-0.2, -0.15) is 0 Å². The van der Waals surface area contributed by atoms with E-state index in [-0.39, 0.29) is 25.0 Å². The highest BCUT2D eigenvalue weighted by atomic mass is 127. The Balaban J connectivity index is 1.88. The molecule has 0 unspecified atom stereocenters. The Morgan fingerprint density at radius 3 is 2.36 bits per heavy atom. The molecule has 0 spiro atoms. The monoisotopic (exact) mass is 452 g/mol. The van der Waals surface area contributed by atoms with Gasteiger partial charge in [-0.3, -0.25) is 9.59 Å². The summed E-state index contributed by atoms with van der Waals surface area (Å²) < 4.78 is 6.46. The van der Waals surface area contributed by atoms with Gasteiger partial charge in [0.1, 0.15) is 5.75 Å². The minimum absolute atomic E-state index is 0.0259. The highest BCUT2D eigenvalue weighted by molar-refractivity contribution is 14.1. The number of carbonyl (C=O) groups excluding carboxylic acids is 2. The molecule has 2 amide bonds. The van der Waals surface area contributed by atoms with Crippen molar-refractivity contribution in [2.75, 3.05) is 25.5 Å². The Morgan fingerprint density at radius 2 is 1.72 bits per heavy atom. The minimum Gasteiger partial charge on any atom is -0.483 e. The van der Waals surface area contributed by atoms with Gasteiger partial charge in [-0.25, -0.2) is 0 Å². The Bertz CT molecular complexity index is 757. The molecule has 1 N–H and O–H groups in total. The second kappa shape index (κ2) is 8.84. The van der Waals surface area contributed by atoms with Gasteiger partial charge in [-0.15, -0.1) is 0 Å². The molecule has 2 aromatic carbocycles. The summed E-state index contributed by atoms with van der Waals surface area (Å²) in [7, 11) is 1.59. The molecule has 0 aliphatic carbocycles. The molecule has 2 rings (SSSR count). The lowest BCUT2D eigenvalue weighted by Crippen LogP contribution is -2.37. The summed E-state index contributed by atoms with van der Waals surface area (Å²) in [6.07, 6.45) is 0. The lowest BCUT2D eigenvalue weighted by atomic mass is 10.1. The van der Waals surface area contributed by atoms with Crippen LogP contribution in [0.1, 0.15) is 11.1 Å². The van der Waals surface area contributed by atoms with E-state index in [1.807, 2.05) is 56.3 Å². The number of anilines is 1. The lowest BCUT2D eigenvalue weighted by molar-refractivity contribution is -0.135. The molecule has 0 atom stereocenters. The first-order valence-electron chi connectivity index (χ1n) is 7.86. The molecule has 0 aromatic heterocycles. The van der Waals surface area contributed by atoms with Crippen LogP contribution in [0, 0.1) is 17.4 Å². The normalized spacial score (nSPS) is 10.2. The summed E-state index contributed by atoms with van der Waals surface area (Å²) in [6, 6.07) is 13.3. The average molecular weight is 452 g/mol. The van der Waals surface area contributed by atoms with Gasteiger partial charge in [0, 0.05) is 12.7 Å². The molecule has 0 radical (unpaired) electrons. The van der Waals surface area contributed by atoms with Gasteiger partial charge in [0.2, 0.25) is 5.91 Å². The molecular weight excluding hydrogens is 431 g/mol. The zero-order valence-electron chi connectivity index (χ0n) is 14.5. The number of hydrogen-bond acceptors (Lipinski definition) is 3. The average Bonchev–Trinajstić information content (AvgIpc) is 2.57. The van der Waals surface area contributed by atoms with Crippen LogP contribution >= 0.6 is 22.6 Å². The number of likely N-dealkylation sites (N-methyl/N-ethyl adjacent to an activating group) is 1. The van der Waals surface area contributed by atoms with E-state index >= 15 is 0 Å². The number of amides is 2. The SMILES string of the molecule is Cc1cccc(C)c1NC(=O)CN(C)C(=O)COc1ccccc1I. The summed E-state index contributed by atoms with van der Waals surface area (Å²) >= 11 is 2.15. The minimum atomic E-state index is -0.253. The van der Waals surface area contributed by atoms with Crippen LogP contribution in [0.15, 0.2) is 42.5 Å². The van der Waals surface area contributed by atoms with Gasteiger partial charge in [0.05, 0.1) is 10.1 Å². The first-order valence-corrected chi connectivity index (χ1v) is 8.93. The van der Waals surface area contributed by atoms with Crippen LogP contribution in [0.5, 0.6) is 5.75 Å². The van der Waals surface area contributed by atoms with Crippen LogP contribution in [-0.2, 0) is 9.59 Å². The van der Waals surface area contributed by atoms with Crippen molar-refractivity contribution in [2.45, 2.75) is 13.8 Å². The molecule has 25 heavy (non-hydrogen) atoms. The predicted octanol–water partition coefficient (Wildman–Crippen LogP) is 3.38. The standard InChI is InChI=1S/C19H21IN2O3/c1-13-7-6-8-14(2)19(13)21-17(23)11-22(3)18(24)12-25-16-10-5-4-9-15(16)20/h4-10H,11-12H2,1-3H3,(H,21,23). The molecule has 0 heterocycles. The molecule has 132 valence electrons. The zero-order valence-corrected chi connectivity index (χ0v) is 16.7. The first kappa shape index (κ1) is 19.2. The highest BCUT2D eigenvalue weighted by Crippen LogP contribution is 2.20. The number of aryl methyl sites for hydroxylation is 2. The second-order valence-corrected chi connectivity index (χ2v) is 6.95. The number of nitrogens with zero attached hydrogens (tertiary/aromatic N) is 1. The Hall–Kier alpha value is -2.09. The molecule has 0 saturated carbocycles. The van der Waals surface area contributed by atoms with E-state index in [9.17, 15) is 9.59 Å². The number of halogens is 1. The molecule has 5 nitrogen and oxygen atoms in total. The lowest BCUT2D eigenvalue weighted by Gasteiger charge is -2.18. The number of benzene rings is 2. The third kappa shape index (κ3) is 5.45. The maximum absolute atomic E-state index is 12.2. The summed E-state index contributed by atoms with van der Waals surface area (Å²) in [4.78, 5) is 25.7. The van der Waals surface area contributed by atoms with Crippen molar-refractivity contribution in [3.8, 4) is 5.75 Å². The maximum Gasteiger partial charge on any atom is 0.260 e. The van der Waals surface area contributed by atoms with E-state index in [2.05, 4.69) is 27.9 Å². The van der Waals surface area contributed by atoms with Crippen molar-refractivity contribution >= 4 is 40.1 Å². The van der Waals surface area contributed by atoms with E-state index in [0.29, 0.717) is 5.75 Å². The Morgan fingerprint density at radius 1 is 1.08 bits per heavy atom. The van der Waals surface area contributed by atoms with Crippen LogP contribution in [-0.4, -0.2) is 36.9 Å².